The van der Waals surface area contributed by atoms with Crippen molar-refractivity contribution in [3.8, 4) is 17.2 Å². The fourth-order valence-electron chi connectivity index (χ4n) is 5.30. The zero-order valence-corrected chi connectivity index (χ0v) is 19.0. The molecule has 196 valence electrons. The molecule has 2 aliphatic carbocycles. The zero-order chi connectivity index (χ0) is 26.7. The van der Waals surface area contributed by atoms with Crippen molar-refractivity contribution in [2.24, 2.45) is 23.7 Å². The molecule has 12 heteroatoms. The van der Waals surface area contributed by atoms with E-state index >= 15 is 0 Å². The highest BCUT2D eigenvalue weighted by atomic mass is 19.4. The smallest absolute Gasteiger partial charge is 0.416 e. The second-order valence-corrected chi connectivity index (χ2v) is 9.29. The first kappa shape index (κ1) is 25.0. The molecule has 2 bridgehead atoms. The Morgan fingerprint density at radius 2 is 1.46 bits per heavy atom. The molecule has 0 N–H and O–H groups in total. The van der Waals surface area contributed by atoms with Gasteiger partial charge in [0.15, 0.2) is 0 Å². The molecule has 2 aromatic rings. The van der Waals surface area contributed by atoms with Crippen molar-refractivity contribution >= 4 is 17.9 Å². The third-order valence-electron chi connectivity index (χ3n) is 6.88. The summed E-state index contributed by atoms with van der Waals surface area (Å²) in [5, 5.41) is 0. The highest BCUT2D eigenvalue weighted by molar-refractivity contribution is 5.87. The maximum Gasteiger partial charge on any atom is 0.416 e. The maximum atomic E-state index is 13.4. The molecule has 2 saturated carbocycles. The predicted octanol–water partition coefficient (Wildman–Crippen LogP) is 4.78. The quantitative estimate of drug-likeness (QED) is 0.304. The van der Waals surface area contributed by atoms with E-state index in [0.717, 1.165) is 24.3 Å². The van der Waals surface area contributed by atoms with Gasteiger partial charge in [-0.2, -0.15) is 22.0 Å². The van der Waals surface area contributed by atoms with Crippen LogP contribution >= 0.6 is 0 Å². The van der Waals surface area contributed by atoms with Gasteiger partial charge in [-0.3, -0.25) is 9.59 Å². The van der Waals surface area contributed by atoms with E-state index < -0.39 is 71.4 Å². The third-order valence-corrected chi connectivity index (χ3v) is 6.88. The van der Waals surface area contributed by atoms with E-state index in [4.69, 9.17) is 18.9 Å². The second-order valence-electron chi connectivity index (χ2n) is 9.29. The average Bonchev–Trinajstić information content (AvgIpc) is 3.43. The van der Waals surface area contributed by atoms with Gasteiger partial charge in [0.25, 0.3) is 0 Å². The number of hydrogen-bond acceptors (Lipinski definition) is 7. The number of hydrogen-bond donors (Lipinski definition) is 0. The summed E-state index contributed by atoms with van der Waals surface area (Å²) in [7, 11) is 0. The van der Waals surface area contributed by atoms with Gasteiger partial charge < -0.3 is 18.9 Å². The molecule has 1 aliphatic heterocycles. The first-order chi connectivity index (χ1) is 17.3. The Bertz CT molecular complexity index is 1220. The molecule has 6 atom stereocenters. The Morgan fingerprint density at radius 1 is 0.892 bits per heavy atom. The van der Waals surface area contributed by atoms with Crippen LogP contribution < -0.4 is 9.47 Å². The summed E-state index contributed by atoms with van der Waals surface area (Å²) in [5.74, 6) is -9.48. The highest BCUT2D eigenvalue weighted by Crippen LogP contribution is 2.59. The summed E-state index contributed by atoms with van der Waals surface area (Å²) in [5.41, 5.74) is -0.819. The van der Waals surface area contributed by atoms with Crippen LogP contribution in [0.25, 0.3) is 0 Å². The number of benzene rings is 2. The molecule has 0 amide bonds. The molecule has 5 rings (SSSR count). The number of fused-ring (bicyclic) bond motifs is 1. The molecule has 3 fully saturated rings. The summed E-state index contributed by atoms with van der Waals surface area (Å²) >= 11 is 0. The first-order valence-electron chi connectivity index (χ1n) is 11.3. The van der Waals surface area contributed by atoms with Gasteiger partial charge in [0.1, 0.15) is 29.5 Å². The SMILES string of the molecule is CC(F)(F)C(=O)OC1C2CC3C1OC(=O)C3C2C(=O)Oc1ccc(Oc2ccc(C(F)(F)F)cc2)cc1. The summed E-state index contributed by atoms with van der Waals surface area (Å²) in [4.78, 5) is 37.2. The monoisotopic (exact) mass is 526 g/mol. The Balaban J connectivity index is 1.25. The number of alkyl halides is 5. The Hall–Kier alpha value is -3.70. The van der Waals surface area contributed by atoms with Crippen LogP contribution in [-0.4, -0.2) is 36.0 Å². The van der Waals surface area contributed by atoms with Crippen molar-refractivity contribution in [2.75, 3.05) is 0 Å². The number of ether oxygens (including phenoxy) is 4. The number of rotatable bonds is 6. The molecule has 0 spiro atoms. The van der Waals surface area contributed by atoms with E-state index in [1.807, 2.05) is 0 Å². The molecule has 0 aromatic heterocycles. The minimum absolute atomic E-state index is 0.0871. The van der Waals surface area contributed by atoms with Crippen molar-refractivity contribution in [1.29, 1.82) is 0 Å². The summed E-state index contributed by atoms with van der Waals surface area (Å²) in [6, 6.07) is 9.71. The highest BCUT2D eigenvalue weighted by Gasteiger charge is 2.70. The van der Waals surface area contributed by atoms with Crippen LogP contribution in [0.15, 0.2) is 48.5 Å². The second kappa shape index (κ2) is 8.70. The van der Waals surface area contributed by atoms with E-state index in [2.05, 4.69) is 0 Å². The lowest BCUT2D eigenvalue weighted by atomic mass is 9.78. The Labute approximate surface area is 206 Å². The van der Waals surface area contributed by atoms with Crippen LogP contribution in [0.4, 0.5) is 22.0 Å². The van der Waals surface area contributed by atoms with Crippen molar-refractivity contribution in [2.45, 2.75) is 37.7 Å². The van der Waals surface area contributed by atoms with Crippen LogP contribution in [-0.2, 0) is 30.0 Å². The zero-order valence-electron chi connectivity index (χ0n) is 19.0. The van der Waals surface area contributed by atoms with E-state index in [1.165, 1.54) is 24.3 Å². The lowest BCUT2D eigenvalue weighted by molar-refractivity contribution is -0.185. The van der Waals surface area contributed by atoms with Crippen molar-refractivity contribution < 1.29 is 55.3 Å². The van der Waals surface area contributed by atoms with Gasteiger partial charge in [0, 0.05) is 18.8 Å². The van der Waals surface area contributed by atoms with Gasteiger partial charge in [-0.15, -0.1) is 0 Å². The maximum absolute atomic E-state index is 13.4. The number of halogens is 5. The van der Waals surface area contributed by atoms with Gasteiger partial charge >= 0.3 is 30.0 Å². The number of carbonyl (C=O) groups is 3. The fraction of sp³-hybridized carbons (Fsp3) is 0.400. The van der Waals surface area contributed by atoms with Crippen molar-refractivity contribution in [3.63, 3.8) is 0 Å². The summed E-state index contributed by atoms with van der Waals surface area (Å²) < 4.78 is 86.0. The molecule has 1 saturated heterocycles. The first-order valence-corrected chi connectivity index (χ1v) is 11.3. The molecule has 3 aliphatic rings. The fourth-order valence-corrected chi connectivity index (χ4v) is 5.30. The van der Waals surface area contributed by atoms with Crippen LogP contribution in [0.1, 0.15) is 18.9 Å². The van der Waals surface area contributed by atoms with Gasteiger partial charge in [-0.05, 0) is 55.0 Å². The minimum Gasteiger partial charge on any atom is -0.458 e. The van der Waals surface area contributed by atoms with E-state index in [1.54, 1.807) is 0 Å². The lowest BCUT2D eigenvalue weighted by Crippen LogP contribution is -2.46. The average molecular weight is 526 g/mol. The van der Waals surface area contributed by atoms with Gasteiger partial charge in [-0.25, -0.2) is 4.79 Å². The van der Waals surface area contributed by atoms with Crippen molar-refractivity contribution in [3.05, 3.63) is 54.1 Å². The van der Waals surface area contributed by atoms with Crippen LogP contribution in [0.5, 0.6) is 17.2 Å². The molecule has 6 unspecified atom stereocenters. The van der Waals surface area contributed by atoms with Gasteiger partial charge in [0.2, 0.25) is 0 Å². The van der Waals surface area contributed by atoms with Crippen LogP contribution in [0.3, 0.4) is 0 Å². The number of esters is 3. The van der Waals surface area contributed by atoms with E-state index in [-0.39, 0.29) is 23.7 Å². The molecule has 2 aromatic carbocycles. The molecule has 0 radical (unpaired) electrons. The Kier molecular flexibility index (Phi) is 5.87. The van der Waals surface area contributed by atoms with Crippen LogP contribution in [0.2, 0.25) is 0 Å². The minimum atomic E-state index is -4.47. The molecule has 7 nitrogen and oxygen atoms in total. The summed E-state index contributed by atoms with van der Waals surface area (Å²) in [6.45, 7) is 0.392. The van der Waals surface area contributed by atoms with Crippen LogP contribution in [0, 0.1) is 23.7 Å². The van der Waals surface area contributed by atoms with E-state index in [9.17, 15) is 36.3 Å². The molecular formula is C25H19F5O7. The van der Waals surface area contributed by atoms with Gasteiger partial charge in [0.05, 0.1) is 17.4 Å². The lowest BCUT2D eigenvalue weighted by Gasteiger charge is -2.30. The largest absolute Gasteiger partial charge is 0.458 e. The topological polar surface area (TPSA) is 88.1 Å². The number of carbonyl (C=O) groups excluding carboxylic acids is 3. The van der Waals surface area contributed by atoms with E-state index in [0.29, 0.717) is 6.92 Å². The third kappa shape index (κ3) is 4.60. The van der Waals surface area contributed by atoms with Gasteiger partial charge in [-0.1, -0.05) is 0 Å². The predicted molar refractivity (Wildman–Crippen MR) is 113 cm³/mol. The van der Waals surface area contributed by atoms with Crippen molar-refractivity contribution in [1.82, 2.24) is 0 Å². The molecular weight excluding hydrogens is 507 g/mol. The molecule has 37 heavy (non-hydrogen) atoms. The Morgan fingerprint density at radius 3 is 2.03 bits per heavy atom. The molecule has 1 heterocycles. The summed E-state index contributed by atoms with van der Waals surface area (Å²) in [6.07, 6.45) is -6.24. The normalized spacial score (nSPS) is 28.1. The standard InChI is InChI=1S/C25H19F5O7/c1-24(26,27)23(33)37-20-16-10-15-18(22(32)36-19(15)20)17(16)21(31)35-14-8-6-13(7-9-14)34-12-4-2-11(3-5-12)25(28,29)30/h2-9,15-20H,10H2,1H3.